The van der Waals surface area contributed by atoms with Crippen molar-refractivity contribution >= 4 is 5.91 Å². The number of rotatable bonds is 3. The number of piperidine rings is 1. The van der Waals surface area contributed by atoms with Crippen LogP contribution in [0, 0.1) is 0 Å². The molecule has 1 aromatic carbocycles. The molecule has 3 nitrogen and oxygen atoms in total. The lowest BCUT2D eigenvalue weighted by molar-refractivity contribution is -0.138. The van der Waals surface area contributed by atoms with Gasteiger partial charge in [0.05, 0.1) is 12.0 Å². The van der Waals surface area contributed by atoms with Crippen LogP contribution in [0.4, 0.5) is 13.2 Å². The smallest absolute Gasteiger partial charge is 0.338 e. The minimum absolute atomic E-state index is 0.0207. The van der Waals surface area contributed by atoms with Gasteiger partial charge in [0.15, 0.2) is 0 Å². The monoisotopic (exact) mass is 314 g/mol. The van der Waals surface area contributed by atoms with E-state index in [0.717, 1.165) is 31.4 Å². The highest BCUT2D eigenvalue weighted by Gasteiger charge is 2.32. The van der Waals surface area contributed by atoms with Gasteiger partial charge >= 0.3 is 6.18 Å². The maximum absolute atomic E-state index is 12.7. The molecular formula is C16H21F3N2O. The summed E-state index contributed by atoms with van der Waals surface area (Å²) in [6, 6.07) is 4.79. The number of likely N-dealkylation sites (tertiary alicyclic amines) is 1. The van der Waals surface area contributed by atoms with Crippen molar-refractivity contribution in [3.8, 4) is 0 Å². The lowest BCUT2D eigenvalue weighted by atomic mass is 9.96. The Balaban J connectivity index is 2.11. The Bertz CT molecular complexity index is 528. The van der Waals surface area contributed by atoms with E-state index in [4.69, 9.17) is 5.73 Å². The van der Waals surface area contributed by atoms with Gasteiger partial charge in [-0.2, -0.15) is 13.2 Å². The first-order valence-corrected chi connectivity index (χ1v) is 7.50. The van der Waals surface area contributed by atoms with Crippen LogP contribution in [-0.2, 0) is 17.4 Å². The molecule has 2 N–H and O–H groups in total. The highest BCUT2D eigenvalue weighted by molar-refractivity contribution is 5.79. The van der Waals surface area contributed by atoms with Crippen molar-refractivity contribution in [2.24, 2.45) is 5.73 Å². The summed E-state index contributed by atoms with van der Waals surface area (Å²) in [5.74, 6) is -0.152. The molecule has 1 aliphatic rings. The highest BCUT2D eigenvalue weighted by Crippen LogP contribution is 2.30. The van der Waals surface area contributed by atoms with Crippen LogP contribution in [0.15, 0.2) is 24.3 Å². The molecule has 122 valence electrons. The van der Waals surface area contributed by atoms with Crippen LogP contribution in [0.1, 0.15) is 37.3 Å². The Morgan fingerprint density at radius 2 is 2.14 bits per heavy atom. The third kappa shape index (κ3) is 4.00. The highest BCUT2D eigenvalue weighted by atomic mass is 19.4. The molecule has 0 bridgehead atoms. The fourth-order valence-corrected chi connectivity index (χ4v) is 2.95. The van der Waals surface area contributed by atoms with Crippen molar-refractivity contribution in [2.75, 3.05) is 6.54 Å². The number of alkyl halides is 3. The van der Waals surface area contributed by atoms with E-state index in [-0.39, 0.29) is 24.4 Å². The summed E-state index contributed by atoms with van der Waals surface area (Å²) in [4.78, 5) is 14.2. The molecule has 1 aliphatic heterocycles. The van der Waals surface area contributed by atoms with Gasteiger partial charge < -0.3 is 10.6 Å². The standard InChI is InChI=1S/C16H21F3N2O/c1-11(20)14-7-2-3-8-21(14)15(22)10-12-5-4-6-13(9-12)16(17,18)19/h4-6,9,11,14H,2-3,7-8,10,20H2,1H3. The van der Waals surface area contributed by atoms with E-state index in [9.17, 15) is 18.0 Å². The van der Waals surface area contributed by atoms with Crippen molar-refractivity contribution in [3.05, 3.63) is 35.4 Å². The molecule has 2 unspecified atom stereocenters. The quantitative estimate of drug-likeness (QED) is 0.932. The Kier molecular flexibility index (Phi) is 5.11. The summed E-state index contributed by atoms with van der Waals surface area (Å²) in [6.07, 6.45) is -1.62. The number of halogens is 3. The van der Waals surface area contributed by atoms with Crippen LogP contribution in [0.3, 0.4) is 0 Å². The molecule has 0 aromatic heterocycles. The van der Waals surface area contributed by atoms with Crippen LogP contribution in [0.5, 0.6) is 0 Å². The van der Waals surface area contributed by atoms with E-state index in [1.54, 1.807) is 11.0 Å². The first kappa shape index (κ1) is 16.8. The third-order valence-corrected chi connectivity index (χ3v) is 4.09. The minimum atomic E-state index is -4.39. The molecule has 6 heteroatoms. The summed E-state index contributed by atoms with van der Waals surface area (Å²) in [5.41, 5.74) is 5.59. The second-order valence-electron chi connectivity index (χ2n) is 5.88. The second-order valence-corrected chi connectivity index (χ2v) is 5.88. The van der Waals surface area contributed by atoms with Crippen LogP contribution < -0.4 is 5.73 Å². The molecule has 1 saturated heterocycles. The van der Waals surface area contributed by atoms with Gasteiger partial charge in [-0.1, -0.05) is 18.2 Å². The van der Waals surface area contributed by atoms with E-state index in [1.165, 1.54) is 6.07 Å². The van der Waals surface area contributed by atoms with Crippen molar-refractivity contribution in [1.29, 1.82) is 0 Å². The zero-order chi connectivity index (χ0) is 16.3. The molecule has 1 amide bonds. The number of benzene rings is 1. The number of carbonyl (C=O) groups excluding carboxylic acids is 1. The molecule has 1 aromatic rings. The topological polar surface area (TPSA) is 46.3 Å². The van der Waals surface area contributed by atoms with E-state index < -0.39 is 11.7 Å². The van der Waals surface area contributed by atoms with Crippen molar-refractivity contribution in [1.82, 2.24) is 4.90 Å². The summed E-state index contributed by atoms with van der Waals surface area (Å²) < 4.78 is 38.1. The number of nitrogens with two attached hydrogens (primary N) is 1. The summed E-state index contributed by atoms with van der Waals surface area (Å²) >= 11 is 0. The summed E-state index contributed by atoms with van der Waals surface area (Å²) in [6.45, 7) is 2.49. The van der Waals surface area contributed by atoms with Crippen LogP contribution >= 0.6 is 0 Å². The Morgan fingerprint density at radius 3 is 2.77 bits per heavy atom. The van der Waals surface area contributed by atoms with E-state index in [1.807, 2.05) is 6.92 Å². The molecule has 1 heterocycles. The molecule has 0 aliphatic carbocycles. The Hall–Kier alpha value is -1.56. The van der Waals surface area contributed by atoms with Gasteiger partial charge in [0, 0.05) is 18.6 Å². The average molecular weight is 314 g/mol. The molecule has 1 fully saturated rings. The van der Waals surface area contributed by atoms with Gasteiger partial charge in [-0.05, 0) is 37.8 Å². The van der Waals surface area contributed by atoms with Crippen molar-refractivity contribution in [2.45, 2.75) is 50.9 Å². The SMILES string of the molecule is CC(N)C1CCCCN1C(=O)Cc1cccc(C(F)(F)F)c1. The van der Waals surface area contributed by atoms with Gasteiger partial charge in [-0.3, -0.25) is 4.79 Å². The van der Waals surface area contributed by atoms with Crippen molar-refractivity contribution in [3.63, 3.8) is 0 Å². The molecule has 2 rings (SSSR count). The first-order chi connectivity index (χ1) is 10.3. The zero-order valence-corrected chi connectivity index (χ0v) is 12.6. The number of hydrogen-bond donors (Lipinski definition) is 1. The molecule has 0 spiro atoms. The number of amides is 1. The number of carbonyl (C=O) groups is 1. The fourth-order valence-electron chi connectivity index (χ4n) is 2.95. The first-order valence-electron chi connectivity index (χ1n) is 7.50. The maximum atomic E-state index is 12.7. The molecule has 22 heavy (non-hydrogen) atoms. The van der Waals surface area contributed by atoms with Crippen LogP contribution in [0.2, 0.25) is 0 Å². The van der Waals surface area contributed by atoms with E-state index >= 15 is 0 Å². The largest absolute Gasteiger partial charge is 0.416 e. The summed E-state index contributed by atoms with van der Waals surface area (Å²) in [5, 5.41) is 0. The fraction of sp³-hybridized carbons (Fsp3) is 0.562. The molecule has 2 atom stereocenters. The van der Waals surface area contributed by atoms with Gasteiger partial charge in [0.2, 0.25) is 5.91 Å². The number of hydrogen-bond acceptors (Lipinski definition) is 2. The average Bonchev–Trinajstić information content (AvgIpc) is 2.46. The Morgan fingerprint density at radius 1 is 1.41 bits per heavy atom. The van der Waals surface area contributed by atoms with Gasteiger partial charge in [0.1, 0.15) is 0 Å². The lowest BCUT2D eigenvalue weighted by Crippen LogP contribution is -2.52. The zero-order valence-electron chi connectivity index (χ0n) is 12.6. The maximum Gasteiger partial charge on any atom is 0.416 e. The third-order valence-electron chi connectivity index (χ3n) is 4.09. The van der Waals surface area contributed by atoms with Gasteiger partial charge in [0.25, 0.3) is 0 Å². The number of nitrogens with zero attached hydrogens (tertiary/aromatic N) is 1. The second kappa shape index (κ2) is 6.69. The van der Waals surface area contributed by atoms with Gasteiger partial charge in [-0.15, -0.1) is 0 Å². The molecule has 0 saturated carbocycles. The van der Waals surface area contributed by atoms with Crippen molar-refractivity contribution < 1.29 is 18.0 Å². The molecular weight excluding hydrogens is 293 g/mol. The Labute approximate surface area is 128 Å². The summed E-state index contributed by atoms with van der Waals surface area (Å²) in [7, 11) is 0. The lowest BCUT2D eigenvalue weighted by Gasteiger charge is -2.38. The van der Waals surface area contributed by atoms with Gasteiger partial charge in [-0.25, -0.2) is 0 Å². The van der Waals surface area contributed by atoms with Crippen LogP contribution in [-0.4, -0.2) is 29.4 Å². The van der Waals surface area contributed by atoms with Crippen LogP contribution in [0.25, 0.3) is 0 Å². The normalized spacial score (nSPS) is 20.8. The molecule has 0 radical (unpaired) electrons. The van der Waals surface area contributed by atoms with E-state index in [2.05, 4.69) is 0 Å². The minimum Gasteiger partial charge on any atom is -0.338 e. The predicted octanol–water partition coefficient (Wildman–Crippen LogP) is 2.98. The predicted molar refractivity (Wildman–Crippen MR) is 78.1 cm³/mol. The van der Waals surface area contributed by atoms with E-state index in [0.29, 0.717) is 12.1 Å².